The lowest BCUT2D eigenvalue weighted by Crippen LogP contribution is -2.26. The summed E-state index contributed by atoms with van der Waals surface area (Å²) in [5.41, 5.74) is -3.51. The second-order valence-corrected chi connectivity index (χ2v) is 10.7. The van der Waals surface area contributed by atoms with Gasteiger partial charge in [-0.05, 0) is 35.9 Å². The average molecular weight is 679 g/mol. The van der Waals surface area contributed by atoms with Crippen molar-refractivity contribution in [3.05, 3.63) is 114 Å². The zero-order chi connectivity index (χ0) is 34.7. The molecular weight excluding hydrogens is 658 g/mol. The summed E-state index contributed by atoms with van der Waals surface area (Å²) in [4.78, 5) is 36.2. The highest BCUT2D eigenvalue weighted by Gasteiger charge is 2.42. The highest BCUT2D eigenvalue weighted by molar-refractivity contribution is 6.25. The van der Waals surface area contributed by atoms with E-state index in [0.29, 0.717) is 22.7 Å². The summed E-state index contributed by atoms with van der Waals surface area (Å²) in [7, 11) is 1.52. The van der Waals surface area contributed by atoms with Crippen LogP contribution in [0.15, 0.2) is 85.6 Å². The van der Waals surface area contributed by atoms with Gasteiger partial charge in [-0.15, -0.1) is 0 Å². The van der Waals surface area contributed by atoms with Gasteiger partial charge in [0.25, 0.3) is 11.8 Å². The van der Waals surface area contributed by atoms with Gasteiger partial charge in [-0.25, -0.2) is 19.3 Å². The van der Waals surface area contributed by atoms with Gasteiger partial charge in [-0.1, -0.05) is 24.3 Å². The van der Waals surface area contributed by atoms with Crippen LogP contribution in [0.4, 0.5) is 37.8 Å². The van der Waals surface area contributed by atoms with Crippen LogP contribution in [-0.2, 0) is 18.9 Å². The highest BCUT2D eigenvalue weighted by atomic mass is 19.4. The van der Waals surface area contributed by atoms with Crippen molar-refractivity contribution in [2.45, 2.75) is 18.9 Å². The Balaban J connectivity index is 1.26. The topological polar surface area (TPSA) is 120 Å². The van der Waals surface area contributed by atoms with Crippen LogP contribution in [0.2, 0.25) is 0 Å². The molecular formula is C32H20F6N8O3. The number of halogens is 6. The minimum absolute atomic E-state index is 0.118. The van der Waals surface area contributed by atoms with Crippen molar-refractivity contribution < 1.29 is 40.7 Å². The molecule has 17 heteroatoms. The average Bonchev–Trinajstić information content (AvgIpc) is 3.82. The molecule has 0 atom stereocenters. The van der Waals surface area contributed by atoms with Gasteiger partial charge in [-0.2, -0.15) is 36.5 Å². The molecule has 0 aliphatic carbocycles. The van der Waals surface area contributed by atoms with E-state index < -0.39 is 52.5 Å². The van der Waals surface area contributed by atoms with E-state index in [-0.39, 0.29) is 34.4 Å². The van der Waals surface area contributed by atoms with Crippen LogP contribution in [0.5, 0.6) is 5.75 Å². The number of amides is 2. The Morgan fingerprint density at radius 1 is 0.898 bits per heavy atom. The zero-order valence-electron chi connectivity index (χ0n) is 24.9. The van der Waals surface area contributed by atoms with E-state index in [4.69, 9.17) is 4.74 Å². The number of hydrogen-bond donors (Lipinski definition) is 1. The Hall–Kier alpha value is -6.26. The first-order chi connectivity index (χ1) is 23.3. The summed E-state index contributed by atoms with van der Waals surface area (Å²) in [5.74, 6) is -1.56. The van der Waals surface area contributed by atoms with Crippen LogP contribution >= 0.6 is 0 Å². The first kappa shape index (κ1) is 31.3. The normalized spacial score (nSPS) is 13.0. The van der Waals surface area contributed by atoms with Crippen molar-refractivity contribution in [2.24, 2.45) is 0 Å². The van der Waals surface area contributed by atoms with E-state index in [0.717, 1.165) is 22.6 Å². The molecule has 4 aromatic heterocycles. The molecule has 2 aromatic carbocycles. The molecule has 2 amide bonds. The first-order valence-electron chi connectivity index (χ1n) is 14.3. The van der Waals surface area contributed by atoms with Crippen LogP contribution in [0.3, 0.4) is 0 Å². The van der Waals surface area contributed by atoms with Gasteiger partial charge in [0.1, 0.15) is 17.1 Å². The summed E-state index contributed by atoms with van der Waals surface area (Å²) in [6.07, 6.45) is -5.01. The number of carbonyl (C=O) groups excluding carboxylic acids is 2. The van der Waals surface area contributed by atoms with Crippen LogP contribution in [0.1, 0.15) is 37.5 Å². The van der Waals surface area contributed by atoms with E-state index in [2.05, 4.69) is 25.5 Å². The number of anilines is 2. The molecule has 248 valence electrons. The Bertz CT molecular complexity index is 2250. The Morgan fingerprint density at radius 2 is 1.65 bits per heavy atom. The van der Waals surface area contributed by atoms with Crippen molar-refractivity contribution >= 4 is 34.1 Å². The first-order valence-corrected chi connectivity index (χ1v) is 14.3. The second kappa shape index (κ2) is 11.5. The number of rotatable bonds is 7. The number of ether oxygens (including phenoxy) is 1. The summed E-state index contributed by atoms with van der Waals surface area (Å²) < 4.78 is 92.1. The summed E-state index contributed by atoms with van der Waals surface area (Å²) in [6.45, 7) is 0.118. The molecule has 0 unspecified atom stereocenters. The maximum Gasteiger partial charge on any atom is 0.434 e. The lowest BCUT2D eigenvalue weighted by molar-refractivity contribution is -0.143. The molecule has 6 aromatic rings. The number of alkyl halides is 6. The summed E-state index contributed by atoms with van der Waals surface area (Å²) in [6, 6.07) is 13.4. The minimum Gasteiger partial charge on any atom is -0.497 e. The van der Waals surface area contributed by atoms with Crippen molar-refractivity contribution in [1.82, 2.24) is 29.5 Å². The molecule has 0 spiro atoms. The molecule has 0 radical (unpaired) electrons. The molecule has 1 N–H and O–H groups in total. The third-order valence-electron chi connectivity index (χ3n) is 7.77. The molecule has 7 rings (SSSR count). The maximum absolute atomic E-state index is 14.6. The number of methoxy groups -OCH3 is 1. The van der Waals surface area contributed by atoms with E-state index in [1.54, 1.807) is 24.3 Å². The molecule has 0 saturated carbocycles. The van der Waals surface area contributed by atoms with Gasteiger partial charge in [0.2, 0.25) is 0 Å². The largest absolute Gasteiger partial charge is 0.497 e. The molecule has 0 fully saturated rings. The third kappa shape index (κ3) is 5.47. The Labute approximate surface area is 271 Å². The fourth-order valence-electron chi connectivity index (χ4n) is 5.60. The van der Waals surface area contributed by atoms with Crippen molar-refractivity contribution in [1.29, 1.82) is 0 Å². The third-order valence-corrected chi connectivity index (χ3v) is 7.77. The number of nitrogens with zero attached hydrogens (tertiary/aromatic N) is 7. The predicted octanol–water partition coefficient (Wildman–Crippen LogP) is 6.46. The minimum atomic E-state index is -5.17. The fraction of sp³-hybridized carbons (Fsp3) is 0.125. The van der Waals surface area contributed by atoms with Crippen molar-refractivity contribution in [2.75, 3.05) is 17.3 Å². The standard InChI is InChI=1S/C32H20F6N8O3/c1-49-19-8-6-17(7-9-19)16-44-28-25-20(4-2-5-21(25)30(44)48)24(15-40-28)46-26(32(36,37)38)22(14-42-46)29(47)43-18-12-23(31(33,34)35)27(39-13-18)45-11-3-10-41-45/h2-15H,16H2,1H3,(H,43,47). The van der Waals surface area contributed by atoms with Crippen LogP contribution in [-0.4, -0.2) is 48.5 Å². The molecule has 1 aliphatic rings. The van der Waals surface area contributed by atoms with Gasteiger partial charge in [0.15, 0.2) is 11.5 Å². The predicted molar refractivity (Wildman–Crippen MR) is 162 cm³/mol. The fourth-order valence-corrected chi connectivity index (χ4v) is 5.60. The number of aromatic nitrogens is 6. The lowest BCUT2D eigenvalue weighted by atomic mass is 10.1. The number of nitrogens with one attached hydrogen (secondary N) is 1. The molecule has 5 heterocycles. The molecule has 1 aliphatic heterocycles. The summed E-state index contributed by atoms with van der Waals surface area (Å²) >= 11 is 0. The van der Waals surface area contributed by atoms with Crippen LogP contribution in [0.25, 0.3) is 22.3 Å². The van der Waals surface area contributed by atoms with Gasteiger partial charge < -0.3 is 10.1 Å². The smallest absolute Gasteiger partial charge is 0.434 e. The Morgan fingerprint density at radius 3 is 2.33 bits per heavy atom. The lowest BCUT2D eigenvalue weighted by Gasteiger charge is -2.18. The second-order valence-electron chi connectivity index (χ2n) is 10.7. The summed E-state index contributed by atoms with van der Waals surface area (Å²) in [5, 5.41) is 10.1. The van der Waals surface area contributed by atoms with Gasteiger partial charge in [0, 0.05) is 23.2 Å². The van der Waals surface area contributed by atoms with Crippen molar-refractivity contribution in [3.63, 3.8) is 0 Å². The van der Waals surface area contributed by atoms with Crippen molar-refractivity contribution in [3.8, 4) is 17.3 Å². The van der Waals surface area contributed by atoms with Gasteiger partial charge in [-0.3, -0.25) is 14.5 Å². The van der Waals surface area contributed by atoms with E-state index in [1.165, 1.54) is 48.7 Å². The van der Waals surface area contributed by atoms with Crippen LogP contribution in [0, 0.1) is 0 Å². The van der Waals surface area contributed by atoms with Crippen LogP contribution < -0.4 is 15.0 Å². The maximum atomic E-state index is 14.6. The number of benzene rings is 2. The van der Waals surface area contributed by atoms with E-state index in [1.807, 2.05) is 0 Å². The monoisotopic (exact) mass is 678 g/mol. The molecule has 0 saturated heterocycles. The zero-order valence-corrected chi connectivity index (χ0v) is 24.9. The molecule has 11 nitrogen and oxygen atoms in total. The SMILES string of the molecule is COc1ccc(CN2C(=O)c3cccc4c(-n5ncc(C(=O)Nc6cnc(-n7cccn7)c(C(F)(F)F)c6)c5C(F)(F)F)cnc2c34)cc1. The van der Waals surface area contributed by atoms with E-state index in [9.17, 15) is 35.9 Å². The Kier molecular flexibility index (Phi) is 7.33. The highest BCUT2D eigenvalue weighted by Crippen LogP contribution is 2.41. The quantitative estimate of drug-likeness (QED) is 0.193. The van der Waals surface area contributed by atoms with E-state index >= 15 is 0 Å². The number of carbonyl (C=O) groups is 2. The number of hydrogen-bond acceptors (Lipinski definition) is 7. The number of pyridine rings is 2. The van der Waals surface area contributed by atoms with Gasteiger partial charge >= 0.3 is 12.4 Å². The van der Waals surface area contributed by atoms with Gasteiger partial charge in [0.05, 0.1) is 54.7 Å². The molecule has 49 heavy (non-hydrogen) atoms. The molecule has 0 bridgehead atoms.